The van der Waals surface area contributed by atoms with Crippen LogP contribution in [0.15, 0.2) is 54.6 Å². The van der Waals surface area contributed by atoms with Crippen LogP contribution in [0, 0.1) is 5.92 Å². The maximum Gasteiger partial charge on any atom is 0.127 e. The number of benzene rings is 2. The molecule has 3 heteroatoms. The van der Waals surface area contributed by atoms with Crippen LogP contribution in [-0.2, 0) is 0 Å². The molecule has 2 aromatic carbocycles. The molecule has 0 bridgehead atoms. The van der Waals surface area contributed by atoms with Crippen molar-refractivity contribution in [3.8, 4) is 17.2 Å². The fourth-order valence-electron chi connectivity index (χ4n) is 2.30. The molecule has 0 saturated carbocycles. The zero-order valence-corrected chi connectivity index (χ0v) is 11.4. The number of hydrogen-bond donors (Lipinski definition) is 1. The van der Waals surface area contributed by atoms with E-state index < -0.39 is 0 Å². The van der Waals surface area contributed by atoms with Crippen molar-refractivity contribution in [1.82, 2.24) is 5.32 Å². The Morgan fingerprint density at radius 3 is 2.30 bits per heavy atom. The minimum Gasteiger partial charge on any atom is -0.493 e. The van der Waals surface area contributed by atoms with Crippen LogP contribution in [0.5, 0.6) is 17.2 Å². The quantitative estimate of drug-likeness (QED) is 0.901. The average Bonchev–Trinajstić information content (AvgIpc) is 3.01. The van der Waals surface area contributed by atoms with Crippen molar-refractivity contribution in [3.63, 3.8) is 0 Å². The van der Waals surface area contributed by atoms with Gasteiger partial charge in [0.15, 0.2) is 0 Å². The van der Waals surface area contributed by atoms with E-state index in [1.165, 1.54) is 6.42 Å². The van der Waals surface area contributed by atoms with E-state index in [0.29, 0.717) is 5.92 Å². The van der Waals surface area contributed by atoms with Gasteiger partial charge in [-0.1, -0.05) is 18.2 Å². The third kappa shape index (κ3) is 3.52. The van der Waals surface area contributed by atoms with Gasteiger partial charge in [0.05, 0.1) is 6.61 Å². The van der Waals surface area contributed by atoms with E-state index in [1.54, 1.807) is 0 Å². The third-order valence-electron chi connectivity index (χ3n) is 3.45. The molecule has 3 nitrogen and oxygen atoms in total. The minimum atomic E-state index is 0.634. The molecule has 0 amide bonds. The first-order valence-corrected chi connectivity index (χ1v) is 7.06. The van der Waals surface area contributed by atoms with Gasteiger partial charge in [-0.05, 0) is 49.4 Å². The number of rotatable bonds is 5. The van der Waals surface area contributed by atoms with Crippen LogP contribution >= 0.6 is 0 Å². The van der Waals surface area contributed by atoms with Gasteiger partial charge in [-0.2, -0.15) is 0 Å². The lowest BCUT2D eigenvalue weighted by atomic mass is 10.1. The van der Waals surface area contributed by atoms with E-state index in [-0.39, 0.29) is 0 Å². The predicted octanol–water partition coefficient (Wildman–Crippen LogP) is 3.47. The van der Waals surface area contributed by atoms with Crippen LogP contribution in [0.1, 0.15) is 6.42 Å². The highest BCUT2D eigenvalue weighted by atomic mass is 16.5. The van der Waals surface area contributed by atoms with E-state index in [2.05, 4.69) is 5.32 Å². The minimum absolute atomic E-state index is 0.634. The van der Waals surface area contributed by atoms with Crippen LogP contribution < -0.4 is 14.8 Å². The monoisotopic (exact) mass is 269 g/mol. The third-order valence-corrected chi connectivity index (χ3v) is 3.45. The summed E-state index contributed by atoms with van der Waals surface area (Å²) < 4.78 is 11.5. The van der Waals surface area contributed by atoms with Gasteiger partial charge in [0, 0.05) is 12.5 Å². The molecule has 20 heavy (non-hydrogen) atoms. The summed E-state index contributed by atoms with van der Waals surface area (Å²) in [6.07, 6.45) is 1.20. The van der Waals surface area contributed by atoms with E-state index in [1.807, 2.05) is 54.6 Å². The topological polar surface area (TPSA) is 30.5 Å². The lowest BCUT2D eigenvalue weighted by molar-refractivity contribution is 0.260. The van der Waals surface area contributed by atoms with E-state index in [4.69, 9.17) is 9.47 Å². The van der Waals surface area contributed by atoms with Crippen LogP contribution in [0.4, 0.5) is 0 Å². The molecule has 1 atom stereocenters. The Labute approximate surface area is 119 Å². The summed E-state index contributed by atoms with van der Waals surface area (Å²) in [5, 5.41) is 3.35. The van der Waals surface area contributed by atoms with Gasteiger partial charge < -0.3 is 14.8 Å². The fraction of sp³-hybridized carbons (Fsp3) is 0.294. The molecule has 1 saturated heterocycles. The Morgan fingerprint density at radius 1 is 0.900 bits per heavy atom. The summed E-state index contributed by atoms with van der Waals surface area (Å²) in [4.78, 5) is 0. The van der Waals surface area contributed by atoms with E-state index >= 15 is 0 Å². The summed E-state index contributed by atoms with van der Waals surface area (Å²) in [7, 11) is 0. The standard InChI is InChI=1S/C17H19NO2/c1-2-4-16(5-3-1)20-17-8-6-15(7-9-17)19-13-14-10-11-18-12-14/h1-9,14,18H,10-13H2. The molecule has 1 N–H and O–H groups in total. The highest BCUT2D eigenvalue weighted by Crippen LogP contribution is 2.24. The summed E-state index contributed by atoms with van der Waals surface area (Å²) in [5.74, 6) is 3.21. The van der Waals surface area contributed by atoms with Gasteiger partial charge in [0.25, 0.3) is 0 Å². The van der Waals surface area contributed by atoms with Gasteiger partial charge in [0.2, 0.25) is 0 Å². The maximum atomic E-state index is 5.80. The molecule has 3 rings (SSSR count). The van der Waals surface area contributed by atoms with Crippen molar-refractivity contribution in [1.29, 1.82) is 0 Å². The fourth-order valence-corrected chi connectivity index (χ4v) is 2.30. The Morgan fingerprint density at radius 2 is 1.60 bits per heavy atom. The first-order valence-electron chi connectivity index (χ1n) is 7.06. The molecular formula is C17H19NO2. The number of hydrogen-bond acceptors (Lipinski definition) is 3. The number of para-hydroxylation sites is 1. The Kier molecular flexibility index (Phi) is 4.19. The predicted molar refractivity (Wildman–Crippen MR) is 79.4 cm³/mol. The molecule has 1 unspecified atom stereocenters. The second-order valence-corrected chi connectivity index (χ2v) is 5.06. The second-order valence-electron chi connectivity index (χ2n) is 5.06. The smallest absolute Gasteiger partial charge is 0.127 e. The van der Waals surface area contributed by atoms with Crippen molar-refractivity contribution in [2.45, 2.75) is 6.42 Å². The SMILES string of the molecule is c1ccc(Oc2ccc(OCC3CCNC3)cc2)cc1. The molecule has 1 fully saturated rings. The number of nitrogens with one attached hydrogen (secondary N) is 1. The van der Waals surface area contributed by atoms with Crippen LogP contribution in [0.25, 0.3) is 0 Å². The molecule has 0 radical (unpaired) electrons. The van der Waals surface area contributed by atoms with Crippen LogP contribution in [0.3, 0.4) is 0 Å². The summed E-state index contributed by atoms with van der Waals surface area (Å²) in [6.45, 7) is 2.96. The van der Waals surface area contributed by atoms with Gasteiger partial charge in [-0.25, -0.2) is 0 Å². The van der Waals surface area contributed by atoms with Gasteiger partial charge in [0.1, 0.15) is 17.2 Å². The Bertz CT molecular complexity index is 518. The summed E-state index contributed by atoms with van der Waals surface area (Å²) in [6, 6.07) is 17.6. The molecule has 104 valence electrons. The molecule has 0 spiro atoms. The largest absolute Gasteiger partial charge is 0.493 e. The highest BCUT2D eigenvalue weighted by molar-refractivity contribution is 5.35. The van der Waals surface area contributed by atoms with Crippen molar-refractivity contribution in [2.75, 3.05) is 19.7 Å². The highest BCUT2D eigenvalue weighted by Gasteiger charge is 2.14. The summed E-state index contributed by atoms with van der Waals surface area (Å²) >= 11 is 0. The zero-order chi connectivity index (χ0) is 13.6. The van der Waals surface area contributed by atoms with Crippen molar-refractivity contribution in [3.05, 3.63) is 54.6 Å². The van der Waals surface area contributed by atoms with Gasteiger partial charge >= 0.3 is 0 Å². The number of ether oxygens (including phenoxy) is 2. The van der Waals surface area contributed by atoms with Crippen LogP contribution in [0.2, 0.25) is 0 Å². The lowest BCUT2D eigenvalue weighted by Gasteiger charge is -2.11. The maximum absolute atomic E-state index is 5.80. The van der Waals surface area contributed by atoms with Crippen LogP contribution in [-0.4, -0.2) is 19.7 Å². The molecule has 1 aliphatic rings. The summed E-state index contributed by atoms with van der Waals surface area (Å²) in [5.41, 5.74) is 0. The molecule has 1 heterocycles. The molecular weight excluding hydrogens is 250 g/mol. The molecule has 1 aliphatic heterocycles. The van der Waals surface area contributed by atoms with E-state index in [9.17, 15) is 0 Å². The lowest BCUT2D eigenvalue weighted by Crippen LogP contribution is -2.15. The molecule has 2 aromatic rings. The van der Waals surface area contributed by atoms with Gasteiger partial charge in [-0.15, -0.1) is 0 Å². The first-order chi connectivity index (χ1) is 9.90. The molecule has 0 aliphatic carbocycles. The normalized spacial score (nSPS) is 17.9. The zero-order valence-electron chi connectivity index (χ0n) is 11.4. The Hall–Kier alpha value is -2.00. The van der Waals surface area contributed by atoms with Crippen molar-refractivity contribution >= 4 is 0 Å². The second kappa shape index (κ2) is 6.44. The average molecular weight is 269 g/mol. The Balaban J connectivity index is 1.54. The van der Waals surface area contributed by atoms with E-state index in [0.717, 1.165) is 36.9 Å². The molecule has 0 aromatic heterocycles. The van der Waals surface area contributed by atoms with Crippen molar-refractivity contribution < 1.29 is 9.47 Å². The van der Waals surface area contributed by atoms with Crippen molar-refractivity contribution in [2.24, 2.45) is 5.92 Å². The first kappa shape index (κ1) is 13.0. The van der Waals surface area contributed by atoms with Gasteiger partial charge in [-0.3, -0.25) is 0 Å².